The number of carbonyl (C=O) groups is 2. The molecule has 3 aromatic rings. The molecule has 1 heterocycles. The van der Waals surface area contributed by atoms with E-state index in [1.54, 1.807) is 17.7 Å². The van der Waals surface area contributed by atoms with Crippen LogP contribution in [0.25, 0.3) is 5.69 Å². The van der Waals surface area contributed by atoms with Gasteiger partial charge in [0.25, 0.3) is 5.91 Å². The number of nitrogens with two attached hydrogens (primary N) is 1. The molecule has 0 spiro atoms. The molecule has 1 amide bonds. The van der Waals surface area contributed by atoms with Crippen LogP contribution >= 0.6 is 0 Å². The summed E-state index contributed by atoms with van der Waals surface area (Å²) in [6.45, 7) is 1.87. The molecule has 3 rings (SSSR count). The van der Waals surface area contributed by atoms with Crippen molar-refractivity contribution >= 4 is 11.9 Å². The Morgan fingerprint density at radius 2 is 1.60 bits per heavy atom. The zero-order chi connectivity index (χ0) is 17.8. The first-order valence-electron chi connectivity index (χ1n) is 7.86. The minimum absolute atomic E-state index is 0.122. The van der Waals surface area contributed by atoms with E-state index in [2.05, 4.69) is 0 Å². The Morgan fingerprint density at radius 1 is 1.00 bits per heavy atom. The van der Waals surface area contributed by atoms with Crippen LogP contribution in [0.5, 0.6) is 0 Å². The summed E-state index contributed by atoms with van der Waals surface area (Å²) < 4.78 is 7.05. The first-order valence-corrected chi connectivity index (χ1v) is 7.86. The van der Waals surface area contributed by atoms with E-state index in [1.165, 1.54) is 0 Å². The highest BCUT2D eigenvalue weighted by Gasteiger charge is 2.25. The highest BCUT2D eigenvalue weighted by molar-refractivity contribution is 6.05. The number of rotatable bonds is 5. The van der Waals surface area contributed by atoms with Crippen LogP contribution in [0.1, 0.15) is 32.0 Å². The second-order valence-electron chi connectivity index (χ2n) is 5.67. The number of carbonyl (C=O) groups excluding carboxylic acids is 2. The lowest BCUT2D eigenvalue weighted by Gasteiger charge is -2.11. The van der Waals surface area contributed by atoms with Gasteiger partial charge >= 0.3 is 5.97 Å². The van der Waals surface area contributed by atoms with Gasteiger partial charge in [-0.1, -0.05) is 48.5 Å². The smallest absolute Gasteiger partial charge is 0.356 e. The molecule has 0 radical (unpaired) electrons. The monoisotopic (exact) mass is 334 g/mol. The molecular weight excluding hydrogens is 316 g/mol. The van der Waals surface area contributed by atoms with Crippen molar-refractivity contribution in [3.8, 4) is 5.69 Å². The first-order chi connectivity index (χ1) is 12.1. The predicted octanol–water partition coefficient (Wildman–Crippen LogP) is 3.24. The van der Waals surface area contributed by atoms with Gasteiger partial charge in [-0.2, -0.15) is 0 Å². The molecule has 0 atom stereocenters. The average Bonchev–Trinajstić information content (AvgIpc) is 2.99. The van der Waals surface area contributed by atoms with Crippen LogP contribution in [0.3, 0.4) is 0 Å². The van der Waals surface area contributed by atoms with Gasteiger partial charge in [-0.25, -0.2) is 4.79 Å². The fraction of sp³-hybridized carbons (Fsp3) is 0.100. The molecule has 0 aliphatic heterocycles. The number of aromatic nitrogens is 1. The summed E-state index contributed by atoms with van der Waals surface area (Å²) in [6.07, 6.45) is 1.72. The number of aryl methyl sites for hydroxylation is 1. The van der Waals surface area contributed by atoms with E-state index in [-0.39, 0.29) is 17.9 Å². The highest BCUT2D eigenvalue weighted by Crippen LogP contribution is 2.22. The van der Waals surface area contributed by atoms with Crippen molar-refractivity contribution in [1.82, 2.24) is 4.57 Å². The van der Waals surface area contributed by atoms with Crippen molar-refractivity contribution in [3.05, 3.63) is 89.2 Å². The third kappa shape index (κ3) is 3.45. The minimum Gasteiger partial charge on any atom is -0.456 e. The standard InChI is InChI=1S/C20H18N2O3/c1-14-12-22(16-10-6-3-7-11-16)18(17(14)19(21)23)20(24)25-13-15-8-4-2-5-9-15/h2-12H,13H2,1H3,(H2,21,23). The maximum Gasteiger partial charge on any atom is 0.356 e. The molecule has 0 saturated heterocycles. The quantitative estimate of drug-likeness (QED) is 0.728. The highest BCUT2D eigenvalue weighted by atomic mass is 16.5. The number of para-hydroxylation sites is 1. The largest absolute Gasteiger partial charge is 0.456 e. The van der Waals surface area contributed by atoms with Crippen LogP contribution in [0.4, 0.5) is 0 Å². The van der Waals surface area contributed by atoms with E-state index in [0.29, 0.717) is 5.56 Å². The number of hydrogen-bond donors (Lipinski definition) is 1. The van der Waals surface area contributed by atoms with Crippen molar-refractivity contribution in [2.45, 2.75) is 13.5 Å². The van der Waals surface area contributed by atoms with E-state index in [9.17, 15) is 9.59 Å². The lowest BCUT2D eigenvalue weighted by atomic mass is 10.1. The number of esters is 1. The minimum atomic E-state index is -0.654. The molecule has 0 aliphatic rings. The zero-order valence-corrected chi connectivity index (χ0v) is 13.8. The number of amides is 1. The van der Waals surface area contributed by atoms with Gasteiger partial charge in [0.05, 0.1) is 5.56 Å². The molecule has 2 aromatic carbocycles. The van der Waals surface area contributed by atoms with Crippen LogP contribution in [-0.4, -0.2) is 16.4 Å². The maximum absolute atomic E-state index is 12.7. The number of benzene rings is 2. The van der Waals surface area contributed by atoms with Gasteiger partial charge in [-0.15, -0.1) is 0 Å². The molecule has 5 nitrogen and oxygen atoms in total. The second kappa shape index (κ2) is 7.05. The number of nitrogens with zero attached hydrogens (tertiary/aromatic N) is 1. The fourth-order valence-corrected chi connectivity index (χ4v) is 2.73. The molecule has 0 unspecified atom stereocenters. The molecule has 0 fully saturated rings. The van der Waals surface area contributed by atoms with Crippen LogP contribution < -0.4 is 5.73 Å². The summed E-state index contributed by atoms with van der Waals surface area (Å²) in [6, 6.07) is 18.6. The SMILES string of the molecule is Cc1cn(-c2ccccc2)c(C(=O)OCc2ccccc2)c1C(N)=O. The Morgan fingerprint density at radius 3 is 2.20 bits per heavy atom. The molecule has 0 bridgehead atoms. The molecule has 5 heteroatoms. The molecule has 25 heavy (non-hydrogen) atoms. The molecule has 2 N–H and O–H groups in total. The summed E-state index contributed by atoms with van der Waals surface area (Å²) in [4.78, 5) is 24.6. The van der Waals surface area contributed by atoms with Gasteiger partial charge in [-0.05, 0) is 30.2 Å². The van der Waals surface area contributed by atoms with Crippen LogP contribution in [0.2, 0.25) is 0 Å². The Kier molecular flexibility index (Phi) is 4.66. The zero-order valence-electron chi connectivity index (χ0n) is 13.8. The van der Waals surface area contributed by atoms with E-state index in [1.807, 2.05) is 60.7 Å². The van der Waals surface area contributed by atoms with Crippen molar-refractivity contribution in [2.75, 3.05) is 0 Å². The summed E-state index contributed by atoms with van der Waals surface area (Å²) in [5.74, 6) is -1.24. The molecular formula is C20H18N2O3. The molecule has 0 aliphatic carbocycles. The van der Waals surface area contributed by atoms with Crippen LogP contribution in [-0.2, 0) is 11.3 Å². The summed E-state index contributed by atoms with van der Waals surface area (Å²) in [5.41, 5.74) is 8.07. The Labute approximate surface area is 145 Å². The predicted molar refractivity (Wildman–Crippen MR) is 94.6 cm³/mol. The van der Waals surface area contributed by atoms with Gasteiger partial charge in [0, 0.05) is 11.9 Å². The van der Waals surface area contributed by atoms with Crippen molar-refractivity contribution in [2.24, 2.45) is 5.73 Å². The lowest BCUT2D eigenvalue weighted by molar-refractivity contribution is 0.0460. The number of hydrogen-bond acceptors (Lipinski definition) is 3. The summed E-state index contributed by atoms with van der Waals surface area (Å²) in [7, 11) is 0. The topological polar surface area (TPSA) is 74.3 Å². The normalized spacial score (nSPS) is 10.4. The molecule has 126 valence electrons. The summed E-state index contributed by atoms with van der Waals surface area (Å²) in [5, 5.41) is 0. The van der Waals surface area contributed by atoms with Gasteiger partial charge in [0.2, 0.25) is 0 Å². The van der Waals surface area contributed by atoms with Crippen molar-refractivity contribution in [3.63, 3.8) is 0 Å². The number of primary amides is 1. The summed E-state index contributed by atoms with van der Waals surface area (Å²) >= 11 is 0. The molecule has 1 aromatic heterocycles. The third-order valence-electron chi connectivity index (χ3n) is 3.88. The van der Waals surface area contributed by atoms with Gasteiger partial charge in [-0.3, -0.25) is 4.79 Å². The van der Waals surface area contributed by atoms with Gasteiger partial charge in [0.1, 0.15) is 12.3 Å². The van der Waals surface area contributed by atoms with Gasteiger partial charge < -0.3 is 15.0 Å². The van der Waals surface area contributed by atoms with E-state index < -0.39 is 11.9 Å². The first kappa shape index (κ1) is 16.5. The van der Waals surface area contributed by atoms with E-state index >= 15 is 0 Å². The van der Waals surface area contributed by atoms with Gasteiger partial charge in [0.15, 0.2) is 0 Å². The fourth-order valence-electron chi connectivity index (χ4n) is 2.73. The van der Waals surface area contributed by atoms with E-state index in [4.69, 9.17) is 10.5 Å². The van der Waals surface area contributed by atoms with Crippen molar-refractivity contribution in [1.29, 1.82) is 0 Å². The lowest BCUT2D eigenvalue weighted by Crippen LogP contribution is -2.19. The number of ether oxygens (including phenoxy) is 1. The Balaban J connectivity index is 1.98. The van der Waals surface area contributed by atoms with E-state index in [0.717, 1.165) is 11.3 Å². The molecule has 0 saturated carbocycles. The van der Waals surface area contributed by atoms with Crippen molar-refractivity contribution < 1.29 is 14.3 Å². The van der Waals surface area contributed by atoms with Crippen LogP contribution in [0, 0.1) is 6.92 Å². The third-order valence-corrected chi connectivity index (χ3v) is 3.88. The van der Waals surface area contributed by atoms with Crippen LogP contribution in [0.15, 0.2) is 66.9 Å². The Hall–Kier alpha value is -3.34. The average molecular weight is 334 g/mol. The Bertz CT molecular complexity index is 899. The second-order valence-corrected chi connectivity index (χ2v) is 5.67. The maximum atomic E-state index is 12.7.